The second kappa shape index (κ2) is 3.82. The Bertz CT molecular complexity index is 414. The van der Waals surface area contributed by atoms with E-state index >= 15 is 0 Å². The number of hydrogen-bond acceptors (Lipinski definition) is 4. The molecule has 3 heterocycles. The van der Waals surface area contributed by atoms with Crippen LogP contribution in [0.2, 0.25) is 0 Å². The highest BCUT2D eigenvalue weighted by atomic mass is 79.9. The van der Waals surface area contributed by atoms with Crippen molar-refractivity contribution in [3.63, 3.8) is 0 Å². The molecule has 0 bridgehead atoms. The molecule has 72 valence electrons. The molecule has 2 aromatic heterocycles. The third kappa shape index (κ3) is 1.74. The van der Waals surface area contributed by atoms with Crippen molar-refractivity contribution in [2.45, 2.75) is 18.2 Å². The molecule has 1 aliphatic rings. The highest BCUT2D eigenvalue weighted by molar-refractivity contribution is 9.11. The van der Waals surface area contributed by atoms with Gasteiger partial charge in [-0.25, -0.2) is 0 Å². The van der Waals surface area contributed by atoms with Gasteiger partial charge in [0.05, 0.1) is 16.0 Å². The Morgan fingerprint density at radius 1 is 0.786 bits per heavy atom. The molecule has 0 aromatic carbocycles. The van der Waals surface area contributed by atoms with Crippen LogP contribution in [0.3, 0.4) is 0 Å². The van der Waals surface area contributed by atoms with E-state index in [1.807, 2.05) is 46.2 Å². The molecule has 0 saturated carbocycles. The van der Waals surface area contributed by atoms with Gasteiger partial charge < -0.3 is 0 Å². The van der Waals surface area contributed by atoms with Crippen molar-refractivity contribution in [3.8, 4) is 0 Å². The van der Waals surface area contributed by atoms with Crippen LogP contribution in [0, 0.1) is 0 Å². The van der Waals surface area contributed by atoms with Crippen LogP contribution in [0.4, 0.5) is 0 Å². The van der Waals surface area contributed by atoms with Gasteiger partial charge in [-0.15, -0.1) is 22.7 Å². The molecule has 6 heteroatoms. The van der Waals surface area contributed by atoms with Crippen LogP contribution in [0.1, 0.15) is 0 Å². The number of halogens is 2. The molecule has 0 aliphatic carbocycles. The van der Waals surface area contributed by atoms with Gasteiger partial charge in [0.25, 0.3) is 0 Å². The summed E-state index contributed by atoms with van der Waals surface area (Å²) in [6.07, 6.45) is 0. The van der Waals surface area contributed by atoms with Crippen LogP contribution in [-0.2, 0) is 0 Å². The third-order valence-electron chi connectivity index (χ3n) is 1.68. The molecule has 14 heavy (non-hydrogen) atoms. The Kier molecular flexibility index (Phi) is 2.79. The zero-order valence-corrected chi connectivity index (χ0v) is 13.0. The Balaban J connectivity index is 2.10. The van der Waals surface area contributed by atoms with Crippen molar-refractivity contribution in [1.29, 1.82) is 0 Å². The fourth-order valence-corrected chi connectivity index (χ4v) is 8.47. The number of fused-ring (bicyclic) bond motifs is 2. The number of hydrogen-bond donors (Lipinski definition) is 0. The van der Waals surface area contributed by atoms with Crippen LogP contribution < -0.4 is 0 Å². The van der Waals surface area contributed by atoms with Crippen LogP contribution in [-0.4, -0.2) is 0 Å². The number of thiophene rings is 2. The first-order valence-corrected chi connectivity index (χ1v) is 8.52. The molecule has 0 atom stereocenters. The summed E-state index contributed by atoms with van der Waals surface area (Å²) < 4.78 is 5.25. The average molecular weight is 386 g/mol. The van der Waals surface area contributed by atoms with E-state index < -0.39 is 0 Å². The lowest BCUT2D eigenvalue weighted by Gasteiger charge is -2.08. The standard InChI is InChI=1S/C8H2Br2S4/c9-5-1-3-7(12-5)14-8-4(11-3)2-6(10)13-8/h1-2H. The summed E-state index contributed by atoms with van der Waals surface area (Å²) in [5.41, 5.74) is 0. The van der Waals surface area contributed by atoms with Crippen molar-refractivity contribution in [3.05, 3.63) is 19.7 Å². The lowest BCUT2D eigenvalue weighted by molar-refractivity contribution is 1.29. The van der Waals surface area contributed by atoms with E-state index in [1.165, 1.54) is 25.8 Å². The largest absolute Gasteiger partial charge is 0.120 e. The van der Waals surface area contributed by atoms with Crippen LogP contribution in [0.25, 0.3) is 0 Å². The van der Waals surface area contributed by atoms with Crippen molar-refractivity contribution in [2.75, 3.05) is 0 Å². The van der Waals surface area contributed by atoms with Gasteiger partial charge in [0, 0.05) is 9.79 Å². The number of rotatable bonds is 0. The van der Waals surface area contributed by atoms with Gasteiger partial charge in [-0.1, -0.05) is 23.5 Å². The molecule has 0 saturated heterocycles. The maximum atomic E-state index is 3.53. The van der Waals surface area contributed by atoms with Crippen LogP contribution in [0.15, 0.2) is 37.9 Å². The normalized spacial score (nSPS) is 13.9. The summed E-state index contributed by atoms with van der Waals surface area (Å²) in [7, 11) is 0. The second-order valence-corrected chi connectivity index (χ2v) is 10.1. The molecule has 3 rings (SSSR count). The van der Waals surface area contributed by atoms with Crippen molar-refractivity contribution >= 4 is 78.1 Å². The fraction of sp³-hybridized carbons (Fsp3) is 0. The van der Waals surface area contributed by atoms with E-state index in [4.69, 9.17) is 0 Å². The van der Waals surface area contributed by atoms with Gasteiger partial charge in [-0.05, 0) is 44.0 Å². The van der Waals surface area contributed by atoms with E-state index in [9.17, 15) is 0 Å². The van der Waals surface area contributed by atoms with Crippen LogP contribution in [0.5, 0.6) is 0 Å². The summed E-state index contributed by atoms with van der Waals surface area (Å²) in [6.45, 7) is 0. The van der Waals surface area contributed by atoms with E-state index in [0.29, 0.717) is 0 Å². The first kappa shape index (κ1) is 10.2. The molecule has 1 aliphatic heterocycles. The van der Waals surface area contributed by atoms with E-state index in [2.05, 4.69) is 44.0 Å². The Labute approximate surface area is 115 Å². The van der Waals surface area contributed by atoms with E-state index in [0.717, 1.165) is 0 Å². The van der Waals surface area contributed by atoms with Gasteiger partial charge in [0.2, 0.25) is 0 Å². The molecule has 0 amide bonds. The maximum absolute atomic E-state index is 3.53. The van der Waals surface area contributed by atoms with Gasteiger partial charge in [-0.3, -0.25) is 0 Å². The van der Waals surface area contributed by atoms with Gasteiger partial charge in [-0.2, -0.15) is 0 Å². The maximum Gasteiger partial charge on any atom is 0.0806 e. The summed E-state index contributed by atoms with van der Waals surface area (Å²) >= 11 is 14.4. The highest BCUT2D eigenvalue weighted by Gasteiger charge is 2.21. The molecule has 0 N–H and O–H groups in total. The Hall–Kier alpha value is 1.06. The Morgan fingerprint density at radius 2 is 1.29 bits per heavy atom. The molecular weight excluding hydrogens is 384 g/mol. The zero-order valence-electron chi connectivity index (χ0n) is 6.54. The summed E-state index contributed by atoms with van der Waals surface area (Å²) in [5, 5.41) is 0. The molecule has 2 aromatic rings. The van der Waals surface area contributed by atoms with E-state index in [1.54, 1.807) is 0 Å². The third-order valence-corrected chi connectivity index (χ3v) is 7.95. The van der Waals surface area contributed by atoms with Crippen molar-refractivity contribution in [2.24, 2.45) is 0 Å². The minimum atomic E-state index is 1.22. The van der Waals surface area contributed by atoms with Gasteiger partial charge in [0.1, 0.15) is 0 Å². The minimum absolute atomic E-state index is 1.22. The van der Waals surface area contributed by atoms with Gasteiger partial charge >= 0.3 is 0 Å². The van der Waals surface area contributed by atoms with Gasteiger partial charge in [0.15, 0.2) is 0 Å². The molecule has 0 radical (unpaired) electrons. The summed E-state index contributed by atoms with van der Waals surface area (Å²) in [5.74, 6) is 0. The van der Waals surface area contributed by atoms with E-state index in [-0.39, 0.29) is 0 Å². The smallest absolute Gasteiger partial charge is 0.0806 e. The molecule has 0 unspecified atom stereocenters. The second-order valence-electron chi connectivity index (χ2n) is 2.61. The quantitative estimate of drug-likeness (QED) is 0.468. The lowest BCUT2D eigenvalue weighted by atomic mass is 10.6. The summed E-state index contributed by atoms with van der Waals surface area (Å²) in [4.78, 5) is 2.76. The summed E-state index contributed by atoms with van der Waals surface area (Å²) in [6, 6.07) is 4.40. The topological polar surface area (TPSA) is 0 Å². The molecule has 0 spiro atoms. The Morgan fingerprint density at radius 3 is 1.79 bits per heavy atom. The molecular formula is C8H2Br2S4. The first-order valence-electron chi connectivity index (χ1n) is 3.67. The first-order chi connectivity index (χ1) is 6.72. The van der Waals surface area contributed by atoms with Crippen molar-refractivity contribution in [1.82, 2.24) is 0 Å². The molecule has 0 nitrogen and oxygen atoms in total. The minimum Gasteiger partial charge on any atom is -0.120 e. The predicted octanol–water partition coefficient (Wildman–Crippen LogP) is 5.95. The molecule has 0 fully saturated rings. The highest BCUT2D eigenvalue weighted by Crippen LogP contribution is 2.56. The van der Waals surface area contributed by atoms with Crippen LogP contribution >= 0.6 is 78.1 Å². The lowest BCUT2D eigenvalue weighted by Crippen LogP contribution is -1.77. The predicted molar refractivity (Wildman–Crippen MR) is 72.3 cm³/mol. The monoisotopic (exact) mass is 384 g/mol. The van der Waals surface area contributed by atoms with Crippen molar-refractivity contribution < 1.29 is 0 Å². The SMILES string of the molecule is Brc1cc2c(s1)Sc1sc(Br)cc1S2. The zero-order chi connectivity index (χ0) is 9.71. The fourth-order valence-electron chi connectivity index (χ4n) is 1.15. The average Bonchev–Trinajstić information content (AvgIpc) is 2.59.